The lowest BCUT2D eigenvalue weighted by atomic mass is 9.99. The van der Waals surface area contributed by atoms with E-state index in [9.17, 15) is 0 Å². The molecule has 0 heterocycles. The molecule has 0 aliphatic rings. The van der Waals surface area contributed by atoms with Gasteiger partial charge in [0.1, 0.15) is 6.10 Å². The van der Waals surface area contributed by atoms with Gasteiger partial charge in [-0.15, -0.1) is 0 Å². The van der Waals surface area contributed by atoms with Gasteiger partial charge < -0.3 is 19.9 Å². The van der Waals surface area contributed by atoms with Crippen LogP contribution in [0.4, 0.5) is 0 Å². The third-order valence-electron chi connectivity index (χ3n) is 5.06. The van der Waals surface area contributed by atoms with Crippen LogP contribution in [0, 0.1) is 0 Å². The predicted octanol–water partition coefficient (Wildman–Crippen LogP) is 5.08. The van der Waals surface area contributed by atoms with Gasteiger partial charge in [0.05, 0.1) is 18.8 Å². The van der Waals surface area contributed by atoms with Gasteiger partial charge in [-0.3, -0.25) is 0 Å². The highest BCUT2D eigenvalue weighted by Crippen LogP contribution is 2.17. The van der Waals surface area contributed by atoms with Crippen molar-refractivity contribution in [2.45, 2.75) is 109 Å². The first-order chi connectivity index (χ1) is 12.2. The molecule has 0 saturated heterocycles. The largest absolute Gasteiger partial charge is 0.383 e. The number of ether oxygens (including phenoxy) is 3. The molecule has 4 heteroatoms. The van der Waals surface area contributed by atoms with Gasteiger partial charge in [-0.25, -0.2) is 0 Å². The van der Waals surface area contributed by atoms with Crippen LogP contribution in [0.15, 0.2) is 0 Å². The van der Waals surface area contributed by atoms with Gasteiger partial charge in [0.25, 0.3) is 0 Å². The highest BCUT2D eigenvalue weighted by atomic mass is 16.5. The summed E-state index contributed by atoms with van der Waals surface area (Å²) in [6, 6.07) is -0.141. The van der Waals surface area contributed by atoms with Crippen LogP contribution in [0.25, 0.3) is 0 Å². The Morgan fingerprint density at radius 2 is 1.16 bits per heavy atom. The summed E-state index contributed by atoms with van der Waals surface area (Å²) in [5.41, 5.74) is 6.12. The Bertz CT molecular complexity index is 264. The van der Waals surface area contributed by atoms with Crippen molar-refractivity contribution in [1.29, 1.82) is 0 Å². The van der Waals surface area contributed by atoms with Crippen LogP contribution in [0.2, 0.25) is 0 Å². The topological polar surface area (TPSA) is 53.7 Å². The fourth-order valence-electron chi connectivity index (χ4n) is 3.49. The van der Waals surface area contributed by atoms with Gasteiger partial charge in [0, 0.05) is 21.3 Å². The molecule has 0 aromatic carbocycles. The summed E-state index contributed by atoms with van der Waals surface area (Å²) in [5, 5.41) is 0. The predicted molar refractivity (Wildman–Crippen MR) is 107 cm³/mol. The maximum absolute atomic E-state index is 6.12. The van der Waals surface area contributed by atoms with Crippen molar-refractivity contribution in [3.8, 4) is 0 Å². The number of unbranched alkanes of at least 4 members (excludes halogenated alkanes) is 11. The number of hydrogen-bond donors (Lipinski definition) is 1. The molecule has 0 radical (unpaired) electrons. The Morgan fingerprint density at radius 3 is 1.56 bits per heavy atom. The van der Waals surface area contributed by atoms with E-state index in [1.807, 2.05) is 0 Å². The monoisotopic (exact) mass is 359 g/mol. The lowest BCUT2D eigenvalue weighted by Crippen LogP contribution is -2.47. The van der Waals surface area contributed by atoms with Crippen LogP contribution >= 0.6 is 0 Å². The van der Waals surface area contributed by atoms with E-state index in [2.05, 4.69) is 6.92 Å². The first-order valence-electron chi connectivity index (χ1n) is 10.5. The van der Waals surface area contributed by atoms with Crippen molar-refractivity contribution in [1.82, 2.24) is 0 Å². The first kappa shape index (κ1) is 24.8. The maximum Gasteiger partial charge on any atom is 0.101 e. The molecule has 0 aromatic heterocycles. The van der Waals surface area contributed by atoms with Crippen molar-refractivity contribution in [3.05, 3.63) is 0 Å². The molecule has 0 aliphatic carbocycles. The zero-order chi connectivity index (χ0) is 18.8. The molecule has 152 valence electrons. The third kappa shape index (κ3) is 13.7. The molecule has 0 rings (SSSR count). The van der Waals surface area contributed by atoms with Gasteiger partial charge in [-0.2, -0.15) is 0 Å². The molecule has 4 nitrogen and oxygen atoms in total. The van der Waals surface area contributed by atoms with Crippen LogP contribution in [0.1, 0.15) is 90.4 Å². The molecular weight excluding hydrogens is 314 g/mol. The fraction of sp³-hybridized carbons (Fsp3) is 1.00. The lowest BCUT2D eigenvalue weighted by molar-refractivity contribution is -0.0617. The van der Waals surface area contributed by atoms with E-state index < -0.39 is 0 Å². The van der Waals surface area contributed by atoms with Crippen molar-refractivity contribution >= 4 is 0 Å². The normalized spacial score (nSPS) is 15.2. The highest BCUT2D eigenvalue weighted by molar-refractivity contribution is 4.81. The van der Waals surface area contributed by atoms with Crippen molar-refractivity contribution < 1.29 is 14.2 Å². The molecule has 0 bridgehead atoms. The smallest absolute Gasteiger partial charge is 0.101 e. The fourth-order valence-corrected chi connectivity index (χ4v) is 3.49. The summed E-state index contributed by atoms with van der Waals surface area (Å²) in [4.78, 5) is 0. The van der Waals surface area contributed by atoms with Crippen LogP contribution in [-0.4, -0.2) is 46.2 Å². The molecule has 0 unspecified atom stereocenters. The van der Waals surface area contributed by atoms with Crippen molar-refractivity contribution in [2.24, 2.45) is 5.73 Å². The average Bonchev–Trinajstić information content (AvgIpc) is 2.61. The molecule has 0 fully saturated rings. The maximum atomic E-state index is 6.12. The van der Waals surface area contributed by atoms with E-state index in [0.29, 0.717) is 6.61 Å². The SMILES string of the molecule is CCCCCCCCCCCCCC[C@@H](OC)[C@@H](OC)[C@H](N)COC. The molecule has 0 saturated carbocycles. The van der Waals surface area contributed by atoms with E-state index in [-0.39, 0.29) is 18.2 Å². The first-order valence-corrected chi connectivity index (χ1v) is 10.5. The zero-order valence-corrected chi connectivity index (χ0v) is 17.4. The lowest BCUT2D eigenvalue weighted by Gasteiger charge is -2.29. The van der Waals surface area contributed by atoms with E-state index >= 15 is 0 Å². The summed E-state index contributed by atoms with van der Waals surface area (Å²) in [6.07, 6.45) is 17.3. The second-order valence-electron chi connectivity index (χ2n) is 7.27. The van der Waals surface area contributed by atoms with Crippen LogP contribution < -0.4 is 5.73 Å². The van der Waals surface area contributed by atoms with Gasteiger partial charge in [-0.1, -0.05) is 84.0 Å². The van der Waals surface area contributed by atoms with E-state index in [4.69, 9.17) is 19.9 Å². The Hall–Kier alpha value is -0.160. The van der Waals surface area contributed by atoms with Crippen LogP contribution in [-0.2, 0) is 14.2 Å². The Balaban J connectivity index is 3.61. The molecular formula is C21H45NO3. The van der Waals surface area contributed by atoms with E-state index in [1.54, 1.807) is 21.3 Å². The second-order valence-corrected chi connectivity index (χ2v) is 7.27. The Kier molecular flexibility index (Phi) is 18.5. The summed E-state index contributed by atoms with van der Waals surface area (Å²) < 4.78 is 16.3. The molecule has 2 N–H and O–H groups in total. The molecule has 3 atom stereocenters. The second kappa shape index (κ2) is 18.6. The summed E-state index contributed by atoms with van der Waals surface area (Å²) in [6.45, 7) is 2.77. The summed E-state index contributed by atoms with van der Waals surface area (Å²) >= 11 is 0. The zero-order valence-electron chi connectivity index (χ0n) is 17.4. The molecule has 25 heavy (non-hydrogen) atoms. The van der Waals surface area contributed by atoms with Gasteiger partial charge in [-0.05, 0) is 6.42 Å². The van der Waals surface area contributed by atoms with Gasteiger partial charge in [0.15, 0.2) is 0 Å². The quantitative estimate of drug-likeness (QED) is 0.327. The minimum Gasteiger partial charge on any atom is -0.383 e. The Morgan fingerprint density at radius 1 is 0.680 bits per heavy atom. The van der Waals surface area contributed by atoms with E-state index in [1.165, 1.54) is 77.0 Å². The number of hydrogen-bond acceptors (Lipinski definition) is 4. The number of rotatable bonds is 19. The Labute approximate surface area is 157 Å². The minimum atomic E-state index is -0.141. The van der Waals surface area contributed by atoms with Crippen molar-refractivity contribution in [2.75, 3.05) is 27.9 Å². The minimum absolute atomic E-state index is 0.0540. The highest BCUT2D eigenvalue weighted by Gasteiger charge is 2.26. The molecule has 0 aliphatic heterocycles. The summed E-state index contributed by atoms with van der Waals surface area (Å²) in [7, 11) is 5.12. The summed E-state index contributed by atoms with van der Waals surface area (Å²) in [5.74, 6) is 0. The third-order valence-corrected chi connectivity index (χ3v) is 5.06. The van der Waals surface area contributed by atoms with E-state index in [0.717, 1.165) is 6.42 Å². The van der Waals surface area contributed by atoms with Crippen molar-refractivity contribution in [3.63, 3.8) is 0 Å². The van der Waals surface area contributed by atoms with Gasteiger partial charge >= 0.3 is 0 Å². The average molecular weight is 360 g/mol. The molecule has 0 spiro atoms. The van der Waals surface area contributed by atoms with Gasteiger partial charge in [0.2, 0.25) is 0 Å². The standard InChI is InChI=1S/C21H45NO3/c1-5-6-7-8-9-10-11-12-13-14-15-16-17-20(24-3)21(25-4)19(22)18-23-2/h19-21H,5-18,22H2,1-4H3/t19-,20-,21+/m1/s1. The molecule has 0 amide bonds. The number of nitrogens with two attached hydrogens (primary N) is 1. The van der Waals surface area contributed by atoms with Crippen LogP contribution in [0.3, 0.4) is 0 Å². The molecule has 0 aromatic rings. The van der Waals surface area contributed by atoms with Crippen LogP contribution in [0.5, 0.6) is 0 Å². The number of methoxy groups -OCH3 is 3.